The van der Waals surface area contributed by atoms with Crippen molar-refractivity contribution < 1.29 is 19.1 Å². The monoisotopic (exact) mass is 358 g/mol. The van der Waals surface area contributed by atoms with Gasteiger partial charge in [-0.25, -0.2) is 0 Å². The molecule has 5 atom stereocenters. The number of Topliss-reactive ketones (excluding diaryl/α,β-unsaturated/α-hetero) is 1. The summed E-state index contributed by atoms with van der Waals surface area (Å²) in [7, 11) is 0. The topological polar surface area (TPSA) is 55.9 Å². The Hall–Kier alpha value is -0.580. The van der Waals surface area contributed by atoms with Crippen molar-refractivity contribution >= 4 is 35.0 Å². The third-order valence-corrected chi connectivity index (χ3v) is 6.60. The van der Waals surface area contributed by atoms with Gasteiger partial charge in [-0.3, -0.25) is 9.59 Å². The molecule has 0 radical (unpaired) electrons. The molecule has 5 unspecified atom stereocenters. The molecule has 3 aliphatic carbocycles. The van der Waals surface area contributed by atoms with Gasteiger partial charge >= 0.3 is 5.97 Å². The van der Waals surface area contributed by atoms with Gasteiger partial charge < -0.3 is 9.47 Å². The average molecular weight is 359 g/mol. The molecule has 23 heavy (non-hydrogen) atoms. The number of hydrogen-bond acceptors (Lipinski definition) is 4. The summed E-state index contributed by atoms with van der Waals surface area (Å²) < 4.78 is 11.7. The first-order valence-corrected chi connectivity index (χ1v) is 8.87. The molecule has 4 aliphatic rings. The zero-order valence-corrected chi connectivity index (χ0v) is 14.9. The molecule has 1 aliphatic heterocycles. The molecule has 0 N–H and O–H groups in total. The number of carbonyl (C=O) groups excluding carboxylic acids is 2. The number of epoxide rings is 1. The minimum absolute atomic E-state index is 0.0294. The highest BCUT2D eigenvalue weighted by molar-refractivity contribution is 6.55. The molecule has 0 amide bonds. The number of ketones is 1. The SMILES string of the molecule is CC1(C)C(C=C(Cl)Cl)C1C(=O)OC1CC(=O)C2(C3CC3)OC12C. The number of carbonyl (C=O) groups is 2. The lowest BCUT2D eigenvalue weighted by Gasteiger charge is -2.17. The molecule has 1 heterocycles. The van der Waals surface area contributed by atoms with E-state index in [1.54, 1.807) is 6.08 Å². The van der Waals surface area contributed by atoms with E-state index >= 15 is 0 Å². The van der Waals surface area contributed by atoms with Crippen LogP contribution >= 0.6 is 23.2 Å². The van der Waals surface area contributed by atoms with Crippen molar-refractivity contribution in [3.05, 3.63) is 10.6 Å². The number of allylic oxidation sites excluding steroid dienone is 1. The van der Waals surface area contributed by atoms with Crippen LogP contribution in [0.2, 0.25) is 0 Å². The molecule has 0 bridgehead atoms. The zero-order valence-electron chi connectivity index (χ0n) is 13.4. The number of ether oxygens (including phenoxy) is 2. The highest BCUT2D eigenvalue weighted by Crippen LogP contribution is 2.68. The molecular formula is C17H20Cl2O4. The van der Waals surface area contributed by atoms with Gasteiger partial charge in [0.2, 0.25) is 0 Å². The summed E-state index contributed by atoms with van der Waals surface area (Å²) in [5.74, 6) is -0.184. The maximum absolute atomic E-state index is 12.6. The number of fused-ring (bicyclic) bond motifs is 1. The lowest BCUT2D eigenvalue weighted by molar-refractivity contribution is -0.155. The van der Waals surface area contributed by atoms with Gasteiger partial charge in [0.05, 0.1) is 5.92 Å². The first-order valence-electron chi connectivity index (χ1n) is 8.11. The second-order valence-electron chi connectivity index (χ2n) is 8.05. The largest absolute Gasteiger partial charge is 0.458 e. The van der Waals surface area contributed by atoms with Crippen molar-refractivity contribution in [2.75, 3.05) is 0 Å². The number of esters is 1. The van der Waals surface area contributed by atoms with Crippen LogP contribution in [0.15, 0.2) is 10.6 Å². The predicted molar refractivity (Wildman–Crippen MR) is 85.0 cm³/mol. The Bertz CT molecular complexity index is 635. The normalized spacial score (nSPS) is 46.1. The first kappa shape index (κ1) is 15.9. The van der Waals surface area contributed by atoms with Crippen LogP contribution in [0.25, 0.3) is 0 Å². The third kappa shape index (κ3) is 2.01. The van der Waals surface area contributed by atoms with E-state index in [1.165, 1.54) is 0 Å². The van der Waals surface area contributed by atoms with E-state index < -0.39 is 17.3 Å². The van der Waals surface area contributed by atoms with Crippen LogP contribution in [0, 0.1) is 23.2 Å². The highest BCUT2D eigenvalue weighted by atomic mass is 35.5. The van der Waals surface area contributed by atoms with Crippen molar-refractivity contribution in [3.8, 4) is 0 Å². The second kappa shape index (κ2) is 4.53. The van der Waals surface area contributed by atoms with E-state index in [0.717, 1.165) is 12.8 Å². The fourth-order valence-corrected chi connectivity index (χ4v) is 4.88. The van der Waals surface area contributed by atoms with E-state index in [2.05, 4.69) is 0 Å². The molecule has 4 fully saturated rings. The molecule has 0 aromatic rings. The molecule has 6 heteroatoms. The van der Waals surface area contributed by atoms with E-state index in [0.29, 0.717) is 5.92 Å². The van der Waals surface area contributed by atoms with Crippen LogP contribution in [0.4, 0.5) is 0 Å². The van der Waals surface area contributed by atoms with Gasteiger partial charge in [0.25, 0.3) is 0 Å². The van der Waals surface area contributed by atoms with E-state index in [1.807, 2.05) is 20.8 Å². The van der Waals surface area contributed by atoms with Crippen LogP contribution < -0.4 is 0 Å². The highest BCUT2D eigenvalue weighted by Gasteiger charge is 2.84. The molecule has 4 nitrogen and oxygen atoms in total. The fourth-order valence-electron chi connectivity index (χ4n) is 4.61. The van der Waals surface area contributed by atoms with Gasteiger partial charge in [-0.05, 0) is 43.1 Å². The summed E-state index contributed by atoms with van der Waals surface area (Å²) in [5.41, 5.74) is -1.53. The van der Waals surface area contributed by atoms with Gasteiger partial charge in [0, 0.05) is 6.42 Å². The maximum atomic E-state index is 12.6. The first-order chi connectivity index (χ1) is 10.6. The van der Waals surface area contributed by atoms with Gasteiger partial charge in [-0.1, -0.05) is 37.0 Å². The summed E-state index contributed by atoms with van der Waals surface area (Å²) >= 11 is 11.4. The summed E-state index contributed by atoms with van der Waals surface area (Å²) in [6.07, 6.45) is 3.54. The minimum Gasteiger partial charge on any atom is -0.458 e. The summed E-state index contributed by atoms with van der Waals surface area (Å²) in [6, 6.07) is 0. The Kier molecular flexibility index (Phi) is 3.13. The predicted octanol–water partition coefficient (Wildman–Crippen LogP) is 3.40. The van der Waals surface area contributed by atoms with E-state index in [9.17, 15) is 9.59 Å². The summed E-state index contributed by atoms with van der Waals surface area (Å²) in [6.45, 7) is 5.88. The molecule has 0 spiro atoms. The molecule has 4 rings (SSSR count). The second-order valence-corrected chi connectivity index (χ2v) is 9.06. The quantitative estimate of drug-likeness (QED) is 0.570. The van der Waals surface area contributed by atoms with Crippen molar-refractivity contribution in [1.82, 2.24) is 0 Å². The van der Waals surface area contributed by atoms with E-state index in [-0.39, 0.29) is 39.9 Å². The third-order valence-electron chi connectivity index (χ3n) is 6.35. The Balaban J connectivity index is 1.47. The molecule has 0 aromatic carbocycles. The standard InChI is InChI=1S/C17H20Cl2O4/c1-15(2)9(6-12(18)19)13(15)14(21)22-11-7-10(20)17(8-4-5-8)16(11,3)23-17/h6,8-9,11,13H,4-5,7H2,1-3H3. The molecule has 3 saturated carbocycles. The Morgan fingerprint density at radius 1 is 1.30 bits per heavy atom. The summed E-state index contributed by atoms with van der Waals surface area (Å²) in [4.78, 5) is 24.9. The van der Waals surface area contributed by atoms with Crippen LogP contribution in [-0.4, -0.2) is 29.1 Å². The van der Waals surface area contributed by atoms with Gasteiger partial charge in [-0.15, -0.1) is 0 Å². The lowest BCUT2D eigenvalue weighted by atomic mass is 9.91. The lowest BCUT2D eigenvalue weighted by Crippen LogP contribution is -2.33. The number of halogens is 2. The van der Waals surface area contributed by atoms with Crippen molar-refractivity contribution in [3.63, 3.8) is 0 Å². The Labute approximate surface area is 145 Å². The minimum atomic E-state index is -0.671. The summed E-state index contributed by atoms with van der Waals surface area (Å²) in [5, 5.41) is 0. The van der Waals surface area contributed by atoms with E-state index in [4.69, 9.17) is 32.7 Å². The smallest absolute Gasteiger partial charge is 0.310 e. The molecule has 1 saturated heterocycles. The van der Waals surface area contributed by atoms with Crippen molar-refractivity contribution in [2.45, 2.75) is 57.3 Å². The molecule has 0 aromatic heterocycles. The Morgan fingerprint density at radius 3 is 2.48 bits per heavy atom. The molecular weight excluding hydrogens is 339 g/mol. The van der Waals surface area contributed by atoms with Crippen LogP contribution in [0.3, 0.4) is 0 Å². The number of hydrogen-bond donors (Lipinski definition) is 0. The maximum Gasteiger partial charge on any atom is 0.310 e. The zero-order chi connectivity index (χ0) is 16.8. The van der Waals surface area contributed by atoms with Crippen LogP contribution in [0.5, 0.6) is 0 Å². The van der Waals surface area contributed by atoms with Crippen LogP contribution in [0.1, 0.15) is 40.0 Å². The average Bonchev–Trinajstić information content (AvgIpc) is 3.30. The van der Waals surface area contributed by atoms with Gasteiger partial charge in [0.15, 0.2) is 11.4 Å². The fraction of sp³-hybridized carbons (Fsp3) is 0.765. The van der Waals surface area contributed by atoms with Crippen molar-refractivity contribution in [2.24, 2.45) is 23.2 Å². The van der Waals surface area contributed by atoms with Crippen LogP contribution in [-0.2, 0) is 19.1 Å². The number of rotatable bonds is 4. The van der Waals surface area contributed by atoms with Gasteiger partial charge in [0.1, 0.15) is 16.2 Å². The molecule has 126 valence electrons. The van der Waals surface area contributed by atoms with Crippen molar-refractivity contribution in [1.29, 1.82) is 0 Å². The Morgan fingerprint density at radius 2 is 1.96 bits per heavy atom. The van der Waals surface area contributed by atoms with Gasteiger partial charge in [-0.2, -0.15) is 0 Å².